The molecule has 0 fully saturated rings. The van der Waals surface area contributed by atoms with Gasteiger partial charge in [-0.2, -0.15) is 0 Å². The fourth-order valence-corrected chi connectivity index (χ4v) is 3.08. The van der Waals surface area contributed by atoms with E-state index in [4.69, 9.17) is 15.6 Å². The summed E-state index contributed by atoms with van der Waals surface area (Å²) in [6.07, 6.45) is 22.4. The number of rotatable bonds is 15. The lowest BCUT2D eigenvalue weighted by Gasteiger charge is -2.06. The van der Waals surface area contributed by atoms with Crippen LogP contribution in [0.2, 0.25) is 0 Å². The van der Waals surface area contributed by atoms with Crippen molar-refractivity contribution >= 4 is 11.8 Å². The van der Waals surface area contributed by atoms with Crippen molar-refractivity contribution in [1.29, 1.82) is 0 Å². The topological polar surface area (TPSA) is 87.7 Å². The highest BCUT2D eigenvalue weighted by molar-refractivity contribution is 5.90. The van der Waals surface area contributed by atoms with Crippen LogP contribution in [0.1, 0.15) is 97.3 Å². The molecule has 0 aromatic rings. The molecule has 1 unspecified atom stereocenters. The van der Waals surface area contributed by atoms with Crippen molar-refractivity contribution in [2.24, 2.45) is 10.7 Å². The van der Waals surface area contributed by atoms with Crippen molar-refractivity contribution < 1.29 is 9.90 Å². The molecule has 158 valence electrons. The summed E-state index contributed by atoms with van der Waals surface area (Å²) in [4.78, 5) is 13.3. The number of nitrogens with one attached hydrogen (secondary N) is 1. The fourth-order valence-electron chi connectivity index (χ4n) is 3.08. The second-order valence-electron chi connectivity index (χ2n) is 7.34. The summed E-state index contributed by atoms with van der Waals surface area (Å²) in [6, 6.07) is -0.0326. The van der Waals surface area contributed by atoms with Gasteiger partial charge in [-0.1, -0.05) is 89.7 Å². The van der Waals surface area contributed by atoms with Gasteiger partial charge in [0.25, 0.3) is 5.97 Å². The third-order valence-electron chi connectivity index (χ3n) is 4.58. The van der Waals surface area contributed by atoms with Crippen LogP contribution >= 0.6 is 0 Å². The van der Waals surface area contributed by atoms with E-state index in [-0.39, 0.29) is 6.04 Å². The van der Waals surface area contributed by atoms with Crippen molar-refractivity contribution in [2.75, 3.05) is 13.1 Å². The Balaban J connectivity index is 0.00000153. The molecule has 1 aliphatic rings. The molecular formula is C22H43N3O2. The molecule has 0 radical (unpaired) electrons. The molecule has 4 N–H and O–H groups in total. The zero-order valence-electron chi connectivity index (χ0n) is 17.7. The maximum Gasteiger partial charge on any atom is 0.300 e. The Bertz CT molecular complexity index is 404. The SMILES string of the molecule is CC(=O)O.CCCCCCCCCCCCCCC=CC(N)C1=NCCN1. The first-order valence-electron chi connectivity index (χ1n) is 11.0. The van der Waals surface area contributed by atoms with Gasteiger partial charge < -0.3 is 16.2 Å². The standard InChI is InChI=1S/C20H39N3.C2H4O2/c1-2-3-4-5-6-7-8-9-10-11-12-13-14-15-16-19(21)20-22-17-18-23-20;1-2(3)4/h15-16,19H,2-14,17-18,21H2,1H3,(H,22,23);1H3,(H,3,4). The zero-order valence-corrected chi connectivity index (χ0v) is 17.7. The number of unbranched alkanes of at least 4 members (excludes halogenated alkanes) is 12. The number of carboxylic acids is 1. The molecule has 5 heteroatoms. The van der Waals surface area contributed by atoms with Crippen LogP contribution in [0, 0.1) is 0 Å². The van der Waals surface area contributed by atoms with Crippen molar-refractivity contribution in [3.63, 3.8) is 0 Å². The molecule has 0 saturated heterocycles. The van der Waals surface area contributed by atoms with Crippen LogP contribution in [0.3, 0.4) is 0 Å². The van der Waals surface area contributed by atoms with Crippen LogP contribution in [-0.4, -0.2) is 36.0 Å². The highest BCUT2D eigenvalue weighted by atomic mass is 16.4. The number of allylic oxidation sites excluding steroid dienone is 1. The third-order valence-corrected chi connectivity index (χ3v) is 4.58. The van der Waals surface area contributed by atoms with Crippen LogP contribution in [0.5, 0.6) is 0 Å². The molecular weight excluding hydrogens is 338 g/mol. The maximum atomic E-state index is 9.00. The number of amidine groups is 1. The number of aliphatic carboxylic acids is 1. The Morgan fingerprint density at radius 2 is 1.56 bits per heavy atom. The molecule has 27 heavy (non-hydrogen) atoms. The number of carbonyl (C=O) groups is 1. The van der Waals surface area contributed by atoms with E-state index < -0.39 is 5.97 Å². The monoisotopic (exact) mass is 381 g/mol. The van der Waals surface area contributed by atoms with E-state index in [9.17, 15) is 0 Å². The first-order valence-corrected chi connectivity index (χ1v) is 11.0. The summed E-state index contributed by atoms with van der Waals surface area (Å²) in [7, 11) is 0. The number of aliphatic imine (C=N–C) groups is 1. The van der Waals surface area contributed by atoms with E-state index in [0.717, 1.165) is 32.3 Å². The average molecular weight is 382 g/mol. The smallest absolute Gasteiger partial charge is 0.300 e. The number of nitrogens with two attached hydrogens (primary N) is 1. The van der Waals surface area contributed by atoms with Crippen LogP contribution in [-0.2, 0) is 4.79 Å². The number of hydrogen-bond donors (Lipinski definition) is 3. The Morgan fingerprint density at radius 1 is 1.07 bits per heavy atom. The van der Waals surface area contributed by atoms with Crippen molar-refractivity contribution in [3.05, 3.63) is 12.2 Å². The van der Waals surface area contributed by atoms with Crippen LogP contribution in [0.15, 0.2) is 17.1 Å². The minimum atomic E-state index is -0.833. The van der Waals surface area contributed by atoms with E-state index in [0.29, 0.717) is 0 Å². The predicted octanol–water partition coefficient (Wildman–Crippen LogP) is 5.05. The van der Waals surface area contributed by atoms with E-state index >= 15 is 0 Å². The van der Waals surface area contributed by atoms with Crippen LogP contribution in [0.4, 0.5) is 0 Å². The van der Waals surface area contributed by atoms with Gasteiger partial charge in [0.15, 0.2) is 0 Å². The van der Waals surface area contributed by atoms with Gasteiger partial charge in [0.05, 0.1) is 12.6 Å². The van der Waals surface area contributed by atoms with E-state index in [2.05, 4.69) is 29.4 Å². The lowest BCUT2D eigenvalue weighted by atomic mass is 10.0. The maximum absolute atomic E-state index is 9.00. The normalized spacial score (nSPS) is 14.4. The molecule has 0 aliphatic carbocycles. The summed E-state index contributed by atoms with van der Waals surface area (Å²) < 4.78 is 0. The Morgan fingerprint density at radius 3 is 2.00 bits per heavy atom. The minimum Gasteiger partial charge on any atom is -0.481 e. The largest absolute Gasteiger partial charge is 0.481 e. The van der Waals surface area contributed by atoms with E-state index in [1.54, 1.807) is 0 Å². The molecule has 1 heterocycles. The number of hydrogen-bond acceptors (Lipinski definition) is 4. The van der Waals surface area contributed by atoms with Crippen molar-refractivity contribution in [3.8, 4) is 0 Å². The summed E-state index contributed by atoms with van der Waals surface area (Å²) >= 11 is 0. The van der Waals surface area contributed by atoms with Crippen LogP contribution < -0.4 is 11.1 Å². The molecule has 1 aliphatic heterocycles. The second-order valence-corrected chi connectivity index (χ2v) is 7.34. The highest BCUT2D eigenvalue weighted by Gasteiger charge is 2.10. The van der Waals surface area contributed by atoms with Gasteiger partial charge in [0, 0.05) is 13.5 Å². The molecule has 5 nitrogen and oxygen atoms in total. The Labute approximate surface area is 166 Å². The number of nitrogens with zero attached hydrogens (tertiary/aromatic N) is 1. The quantitative estimate of drug-likeness (QED) is 0.273. The second kappa shape index (κ2) is 19.4. The van der Waals surface area contributed by atoms with Gasteiger partial charge in [-0.25, -0.2) is 0 Å². The van der Waals surface area contributed by atoms with E-state index in [1.165, 1.54) is 77.0 Å². The van der Waals surface area contributed by atoms with Crippen LogP contribution in [0.25, 0.3) is 0 Å². The molecule has 0 saturated carbocycles. The molecule has 0 aromatic carbocycles. The molecule has 1 rings (SSSR count). The van der Waals surface area contributed by atoms with Gasteiger partial charge in [0.1, 0.15) is 5.84 Å². The van der Waals surface area contributed by atoms with Crippen molar-refractivity contribution in [2.45, 2.75) is 103 Å². The number of carboxylic acid groups (broad SMARTS) is 1. The Hall–Kier alpha value is -1.36. The summed E-state index contributed by atoms with van der Waals surface area (Å²) in [5.41, 5.74) is 6.05. The predicted molar refractivity (Wildman–Crippen MR) is 116 cm³/mol. The lowest BCUT2D eigenvalue weighted by molar-refractivity contribution is -0.134. The van der Waals surface area contributed by atoms with Gasteiger partial charge in [0.2, 0.25) is 0 Å². The summed E-state index contributed by atoms with van der Waals surface area (Å²) in [5, 5.41) is 10.6. The van der Waals surface area contributed by atoms with Gasteiger partial charge in [-0.15, -0.1) is 0 Å². The fraction of sp³-hybridized carbons (Fsp3) is 0.818. The average Bonchev–Trinajstić information content (AvgIpc) is 3.16. The zero-order chi connectivity index (χ0) is 20.2. The molecule has 0 bridgehead atoms. The van der Waals surface area contributed by atoms with Gasteiger partial charge >= 0.3 is 0 Å². The minimum absolute atomic E-state index is 0.0326. The molecule has 1 atom stereocenters. The molecule has 0 amide bonds. The van der Waals surface area contributed by atoms with E-state index in [1.807, 2.05) is 0 Å². The summed E-state index contributed by atoms with van der Waals surface area (Å²) in [5.74, 6) is 0.121. The van der Waals surface area contributed by atoms with Gasteiger partial charge in [-0.05, 0) is 12.8 Å². The van der Waals surface area contributed by atoms with Gasteiger partial charge in [-0.3, -0.25) is 9.79 Å². The lowest BCUT2D eigenvalue weighted by Crippen LogP contribution is -2.36. The first-order chi connectivity index (χ1) is 13.1. The Kier molecular flexibility index (Phi) is 18.4. The third kappa shape index (κ3) is 19.2. The summed E-state index contributed by atoms with van der Waals surface area (Å²) in [6.45, 7) is 5.18. The first kappa shape index (κ1) is 25.6. The van der Waals surface area contributed by atoms with Crippen molar-refractivity contribution in [1.82, 2.24) is 5.32 Å². The molecule has 0 spiro atoms. The molecule has 0 aromatic heterocycles. The highest BCUT2D eigenvalue weighted by Crippen LogP contribution is 2.12.